The number of amides is 1. The van der Waals surface area contributed by atoms with E-state index in [1.807, 2.05) is 49.1 Å². The summed E-state index contributed by atoms with van der Waals surface area (Å²) in [6.45, 7) is 8.87. The molecule has 0 atom stereocenters. The van der Waals surface area contributed by atoms with Crippen molar-refractivity contribution in [2.24, 2.45) is 0 Å². The lowest BCUT2D eigenvalue weighted by Gasteiger charge is -2.35. The summed E-state index contributed by atoms with van der Waals surface area (Å²) in [6, 6.07) is 14.1. The lowest BCUT2D eigenvalue weighted by molar-refractivity contribution is -0.133. The van der Waals surface area contributed by atoms with Gasteiger partial charge in [0.2, 0.25) is 0 Å². The highest BCUT2D eigenvalue weighted by atomic mass is 35.5. The molecule has 1 aliphatic heterocycles. The molecule has 0 N–H and O–H groups in total. The van der Waals surface area contributed by atoms with E-state index >= 15 is 0 Å². The van der Waals surface area contributed by atoms with Crippen molar-refractivity contribution in [1.29, 1.82) is 0 Å². The summed E-state index contributed by atoms with van der Waals surface area (Å²) in [4.78, 5) is 21.5. The molecule has 0 unspecified atom stereocenters. The number of aromatic nitrogens is 1. The molecule has 30 heavy (non-hydrogen) atoms. The van der Waals surface area contributed by atoms with E-state index < -0.39 is 0 Å². The van der Waals surface area contributed by atoms with Crippen LogP contribution in [0.25, 0.3) is 10.9 Å². The van der Waals surface area contributed by atoms with Crippen LogP contribution in [0.2, 0.25) is 5.02 Å². The number of nitrogens with zero attached hydrogens (tertiary/aromatic N) is 3. The number of ether oxygens (including phenoxy) is 1. The highest BCUT2D eigenvalue weighted by Gasteiger charge is 2.23. The molecule has 3 aromatic rings. The molecule has 1 fully saturated rings. The molecule has 4 rings (SSSR count). The third kappa shape index (κ3) is 4.21. The van der Waals surface area contributed by atoms with Gasteiger partial charge in [0.05, 0.1) is 5.52 Å². The fourth-order valence-corrected chi connectivity index (χ4v) is 4.01. The predicted octanol–water partition coefficient (Wildman–Crippen LogP) is 4.54. The Labute approximate surface area is 182 Å². The van der Waals surface area contributed by atoms with Crippen LogP contribution in [0.15, 0.2) is 42.5 Å². The fraction of sp³-hybridized carbons (Fsp3) is 0.333. The molecule has 0 radical (unpaired) electrons. The highest BCUT2D eigenvalue weighted by molar-refractivity contribution is 6.32. The molecular weight excluding hydrogens is 398 g/mol. The molecule has 6 heteroatoms. The predicted molar refractivity (Wildman–Crippen MR) is 122 cm³/mol. The maximum atomic E-state index is 12.6. The van der Waals surface area contributed by atoms with Crippen molar-refractivity contribution >= 4 is 34.2 Å². The summed E-state index contributed by atoms with van der Waals surface area (Å²) in [7, 11) is 0. The summed E-state index contributed by atoms with van der Waals surface area (Å²) in [5, 5.41) is 1.92. The van der Waals surface area contributed by atoms with Crippen LogP contribution >= 0.6 is 11.6 Å². The molecule has 0 bridgehead atoms. The van der Waals surface area contributed by atoms with Gasteiger partial charge in [0.25, 0.3) is 5.91 Å². The quantitative estimate of drug-likeness (QED) is 0.618. The number of halogens is 1. The number of aryl methyl sites for hydroxylation is 3. The Morgan fingerprint density at radius 3 is 2.37 bits per heavy atom. The third-order valence-corrected chi connectivity index (χ3v) is 6.23. The van der Waals surface area contributed by atoms with Gasteiger partial charge in [-0.3, -0.25) is 4.79 Å². The Balaban J connectivity index is 1.36. The monoisotopic (exact) mass is 423 g/mol. The maximum absolute atomic E-state index is 12.6. The molecule has 1 amide bonds. The van der Waals surface area contributed by atoms with E-state index in [2.05, 4.69) is 24.0 Å². The van der Waals surface area contributed by atoms with E-state index in [0.29, 0.717) is 18.8 Å². The standard InChI is InChI=1S/C24H26ClN3O2/c1-16-14-22(26-21-7-5-4-6-20(16)21)27-8-10-28(11-9-27)23(29)15-30-19-12-17(2)24(25)18(3)13-19/h4-7,12-14H,8-11,15H2,1-3H3. The largest absolute Gasteiger partial charge is 0.484 e. The first-order chi connectivity index (χ1) is 14.4. The van der Waals surface area contributed by atoms with Gasteiger partial charge in [0, 0.05) is 36.6 Å². The third-order valence-electron chi connectivity index (χ3n) is 5.64. The minimum absolute atomic E-state index is 0.00237. The Kier molecular flexibility index (Phi) is 5.82. The molecule has 0 saturated carbocycles. The van der Waals surface area contributed by atoms with Gasteiger partial charge in [-0.2, -0.15) is 0 Å². The van der Waals surface area contributed by atoms with Gasteiger partial charge in [-0.1, -0.05) is 29.8 Å². The minimum Gasteiger partial charge on any atom is -0.484 e. The van der Waals surface area contributed by atoms with Gasteiger partial charge in [0.1, 0.15) is 11.6 Å². The van der Waals surface area contributed by atoms with Crippen LogP contribution in [0.1, 0.15) is 16.7 Å². The Bertz CT molecular complexity index is 1070. The molecular formula is C24H26ClN3O2. The number of piperazine rings is 1. The van der Waals surface area contributed by atoms with Gasteiger partial charge in [-0.25, -0.2) is 4.98 Å². The summed E-state index contributed by atoms with van der Waals surface area (Å²) in [5.41, 5.74) is 4.13. The van der Waals surface area contributed by atoms with E-state index in [4.69, 9.17) is 21.3 Å². The van der Waals surface area contributed by atoms with Crippen LogP contribution in [0.4, 0.5) is 5.82 Å². The van der Waals surface area contributed by atoms with Gasteiger partial charge in [-0.05, 0) is 61.7 Å². The van der Waals surface area contributed by atoms with Gasteiger partial charge < -0.3 is 14.5 Å². The van der Waals surface area contributed by atoms with Crippen molar-refractivity contribution in [1.82, 2.24) is 9.88 Å². The van der Waals surface area contributed by atoms with Crippen LogP contribution < -0.4 is 9.64 Å². The van der Waals surface area contributed by atoms with E-state index in [0.717, 1.165) is 40.6 Å². The van der Waals surface area contributed by atoms with Crippen molar-refractivity contribution in [3.63, 3.8) is 0 Å². The number of anilines is 1. The number of benzene rings is 2. The Morgan fingerprint density at radius 2 is 1.67 bits per heavy atom. The number of fused-ring (bicyclic) bond motifs is 1. The molecule has 156 valence electrons. The SMILES string of the molecule is Cc1cc(OCC(=O)N2CCN(c3cc(C)c4ccccc4n3)CC2)cc(C)c1Cl. The van der Waals surface area contributed by atoms with Crippen LogP contribution in [0.5, 0.6) is 5.75 Å². The molecule has 5 nitrogen and oxygen atoms in total. The summed E-state index contributed by atoms with van der Waals surface area (Å²) in [5.74, 6) is 1.65. The topological polar surface area (TPSA) is 45.7 Å². The molecule has 0 aliphatic carbocycles. The highest BCUT2D eigenvalue weighted by Crippen LogP contribution is 2.26. The maximum Gasteiger partial charge on any atom is 0.260 e. The molecule has 1 aromatic heterocycles. The Morgan fingerprint density at radius 1 is 1.00 bits per heavy atom. The summed E-state index contributed by atoms with van der Waals surface area (Å²) in [6.07, 6.45) is 0. The molecule has 0 spiro atoms. The fourth-order valence-electron chi connectivity index (χ4n) is 3.90. The van der Waals surface area contributed by atoms with Crippen molar-refractivity contribution in [3.05, 3.63) is 64.2 Å². The van der Waals surface area contributed by atoms with Crippen molar-refractivity contribution in [3.8, 4) is 5.75 Å². The first-order valence-corrected chi connectivity index (χ1v) is 10.6. The molecule has 2 aromatic carbocycles. The first kappa shape index (κ1) is 20.5. The van der Waals surface area contributed by atoms with Crippen molar-refractivity contribution in [2.75, 3.05) is 37.7 Å². The van der Waals surface area contributed by atoms with E-state index in [9.17, 15) is 4.79 Å². The lowest BCUT2D eigenvalue weighted by atomic mass is 10.1. The van der Waals surface area contributed by atoms with Crippen LogP contribution in [0, 0.1) is 20.8 Å². The second-order valence-electron chi connectivity index (χ2n) is 7.84. The van der Waals surface area contributed by atoms with E-state index in [1.165, 1.54) is 10.9 Å². The number of hydrogen-bond donors (Lipinski definition) is 0. The molecule has 2 heterocycles. The average molecular weight is 424 g/mol. The molecule has 1 saturated heterocycles. The second-order valence-corrected chi connectivity index (χ2v) is 8.22. The number of carbonyl (C=O) groups excluding carboxylic acids is 1. The van der Waals surface area contributed by atoms with Crippen molar-refractivity contribution < 1.29 is 9.53 Å². The minimum atomic E-state index is 0.00237. The Hall–Kier alpha value is -2.79. The average Bonchev–Trinajstić information content (AvgIpc) is 2.75. The van der Waals surface area contributed by atoms with Crippen molar-refractivity contribution in [2.45, 2.75) is 20.8 Å². The van der Waals surface area contributed by atoms with Crippen LogP contribution in [0.3, 0.4) is 0 Å². The number of pyridine rings is 1. The van der Waals surface area contributed by atoms with E-state index in [-0.39, 0.29) is 12.5 Å². The zero-order valence-corrected chi connectivity index (χ0v) is 18.4. The van der Waals surface area contributed by atoms with E-state index in [1.54, 1.807) is 0 Å². The number of hydrogen-bond acceptors (Lipinski definition) is 4. The zero-order chi connectivity index (χ0) is 21.3. The number of rotatable bonds is 4. The summed E-state index contributed by atoms with van der Waals surface area (Å²) < 4.78 is 5.74. The van der Waals surface area contributed by atoms with Gasteiger partial charge in [-0.15, -0.1) is 0 Å². The zero-order valence-electron chi connectivity index (χ0n) is 17.6. The second kappa shape index (κ2) is 8.52. The van der Waals surface area contributed by atoms with Crippen LogP contribution in [-0.2, 0) is 4.79 Å². The first-order valence-electron chi connectivity index (χ1n) is 10.2. The smallest absolute Gasteiger partial charge is 0.260 e. The normalized spacial score (nSPS) is 14.3. The van der Waals surface area contributed by atoms with Gasteiger partial charge in [0.15, 0.2) is 6.61 Å². The number of carbonyl (C=O) groups is 1. The number of para-hydroxylation sites is 1. The molecule has 1 aliphatic rings. The lowest BCUT2D eigenvalue weighted by Crippen LogP contribution is -2.50. The summed E-state index contributed by atoms with van der Waals surface area (Å²) >= 11 is 6.20. The van der Waals surface area contributed by atoms with Gasteiger partial charge >= 0.3 is 0 Å². The van der Waals surface area contributed by atoms with Crippen LogP contribution in [-0.4, -0.2) is 48.6 Å².